The number of hydrogen-bond donors (Lipinski definition) is 0. The summed E-state index contributed by atoms with van der Waals surface area (Å²) in [6.07, 6.45) is 42.3. The van der Waals surface area contributed by atoms with E-state index < -0.39 is 0 Å². The lowest BCUT2D eigenvalue weighted by Crippen LogP contribution is -2.01. The van der Waals surface area contributed by atoms with Crippen molar-refractivity contribution in [2.75, 3.05) is 0 Å². The van der Waals surface area contributed by atoms with Crippen LogP contribution in [0.4, 0.5) is 0 Å². The Hall–Kier alpha value is -0.260. The van der Waals surface area contributed by atoms with Crippen LogP contribution in [0.2, 0.25) is 0 Å². The largest absolute Gasteiger partial charge is 0.0707 e. The Morgan fingerprint density at radius 2 is 0.800 bits per heavy atom. The van der Waals surface area contributed by atoms with Crippen LogP contribution >= 0.6 is 0 Å². The van der Waals surface area contributed by atoms with E-state index in [2.05, 4.69) is 20.8 Å². The SMILES string of the molecule is CCCCCCCCCCC1=C(CCCCCCCCCC)C(CCCCCCCCCC)CC1. The van der Waals surface area contributed by atoms with Gasteiger partial charge in [-0.3, -0.25) is 0 Å². The highest BCUT2D eigenvalue weighted by Crippen LogP contribution is 2.40. The Labute approximate surface area is 223 Å². The molecule has 0 saturated heterocycles. The molecular formula is C35H68. The van der Waals surface area contributed by atoms with Crippen molar-refractivity contribution in [3.8, 4) is 0 Å². The van der Waals surface area contributed by atoms with Crippen LogP contribution in [-0.4, -0.2) is 0 Å². The van der Waals surface area contributed by atoms with Crippen LogP contribution < -0.4 is 0 Å². The molecule has 0 N–H and O–H groups in total. The van der Waals surface area contributed by atoms with E-state index in [1.165, 1.54) is 186 Å². The van der Waals surface area contributed by atoms with Gasteiger partial charge < -0.3 is 0 Å². The summed E-state index contributed by atoms with van der Waals surface area (Å²) in [6.45, 7) is 6.97. The molecule has 0 amide bonds. The van der Waals surface area contributed by atoms with Crippen molar-refractivity contribution in [2.45, 2.75) is 207 Å². The van der Waals surface area contributed by atoms with Crippen molar-refractivity contribution in [2.24, 2.45) is 5.92 Å². The minimum absolute atomic E-state index is 0.962. The summed E-state index contributed by atoms with van der Waals surface area (Å²) >= 11 is 0. The van der Waals surface area contributed by atoms with Crippen molar-refractivity contribution in [1.29, 1.82) is 0 Å². The molecule has 0 radical (unpaired) electrons. The maximum absolute atomic E-state index is 2.32. The van der Waals surface area contributed by atoms with Crippen LogP contribution in [0, 0.1) is 5.92 Å². The zero-order chi connectivity index (χ0) is 25.2. The van der Waals surface area contributed by atoms with Crippen LogP contribution in [0.1, 0.15) is 207 Å². The highest BCUT2D eigenvalue weighted by atomic mass is 14.3. The normalized spacial score (nSPS) is 16.0. The summed E-state index contributed by atoms with van der Waals surface area (Å²) in [7, 11) is 0. The quantitative estimate of drug-likeness (QED) is 0.0796. The highest BCUT2D eigenvalue weighted by Gasteiger charge is 2.24. The van der Waals surface area contributed by atoms with Gasteiger partial charge in [-0.05, 0) is 50.9 Å². The van der Waals surface area contributed by atoms with E-state index in [9.17, 15) is 0 Å². The summed E-state index contributed by atoms with van der Waals surface area (Å²) < 4.78 is 0. The first-order valence-corrected chi connectivity index (χ1v) is 17.0. The van der Waals surface area contributed by atoms with E-state index >= 15 is 0 Å². The monoisotopic (exact) mass is 489 g/mol. The van der Waals surface area contributed by atoms with Gasteiger partial charge >= 0.3 is 0 Å². The van der Waals surface area contributed by atoms with Crippen molar-refractivity contribution in [1.82, 2.24) is 0 Å². The minimum atomic E-state index is 0.962. The molecule has 0 heterocycles. The molecule has 0 aromatic carbocycles. The molecule has 35 heavy (non-hydrogen) atoms. The van der Waals surface area contributed by atoms with E-state index in [1.54, 1.807) is 0 Å². The Bertz CT molecular complexity index is 459. The van der Waals surface area contributed by atoms with Crippen molar-refractivity contribution < 1.29 is 0 Å². The molecule has 1 atom stereocenters. The zero-order valence-electron chi connectivity index (χ0n) is 25.1. The summed E-state index contributed by atoms with van der Waals surface area (Å²) in [5, 5.41) is 0. The predicted octanol–water partition coefficient (Wildman–Crippen LogP) is 13.3. The maximum atomic E-state index is 2.32. The molecule has 0 aromatic heterocycles. The standard InChI is InChI=1S/C35H68/c1-4-7-10-13-16-19-22-25-28-33-31-32-34(29-26-23-20-17-14-11-8-5-2)35(33)30-27-24-21-18-15-12-9-6-3/h33H,4-32H2,1-3H3. The van der Waals surface area contributed by atoms with Crippen molar-refractivity contribution in [3.63, 3.8) is 0 Å². The second-order valence-electron chi connectivity index (χ2n) is 12.1. The zero-order valence-corrected chi connectivity index (χ0v) is 25.1. The number of unbranched alkanes of at least 4 members (excludes halogenated alkanes) is 21. The van der Waals surface area contributed by atoms with Crippen LogP contribution in [-0.2, 0) is 0 Å². The summed E-state index contributed by atoms with van der Waals surface area (Å²) in [5.41, 5.74) is 3.91. The van der Waals surface area contributed by atoms with Gasteiger partial charge in [-0.2, -0.15) is 0 Å². The molecule has 1 rings (SSSR count). The third kappa shape index (κ3) is 18.6. The molecule has 0 saturated carbocycles. The number of allylic oxidation sites excluding steroid dienone is 2. The second kappa shape index (κ2) is 25.4. The molecule has 0 heteroatoms. The fraction of sp³-hybridized carbons (Fsp3) is 0.943. The lowest BCUT2D eigenvalue weighted by Gasteiger charge is -2.17. The average molecular weight is 489 g/mol. The van der Waals surface area contributed by atoms with Crippen LogP contribution in [0.5, 0.6) is 0 Å². The first-order valence-electron chi connectivity index (χ1n) is 17.0. The Morgan fingerprint density at radius 3 is 1.26 bits per heavy atom. The Kier molecular flexibility index (Phi) is 23.8. The van der Waals surface area contributed by atoms with Crippen LogP contribution in [0.25, 0.3) is 0 Å². The van der Waals surface area contributed by atoms with Gasteiger partial charge in [-0.15, -0.1) is 0 Å². The van der Waals surface area contributed by atoms with E-state index in [-0.39, 0.29) is 0 Å². The molecule has 1 unspecified atom stereocenters. The lowest BCUT2D eigenvalue weighted by molar-refractivity contribution is 0.479. The highest BCUT2D eigenvalue weighted by molar-refractivity contribution is 5.23. The van der Waals surface area contributed by atoms with Crippen molar-refractivity contribution >= 4 is 0 Å². The van der Waals surface area contributed by atoms with E-state index in [1.807, 2.05) is 11.1 Å². The molecule has 0 fully saturated rings. The number of hydrogen-bond acceptors (Lipinski definition) is 0. The van der Waals surface area contributed by atoms with E-state index in [0.717, 1.165) is 5.92 Å². The molecule has 0 nitrogen and oxygen atoms in total. The molecule has 0 spiro atoms. The molecule has 1 aliphatic rings. The number of rotatable bonds is 27. The van der Waals surface area contributed by atoms with Gasteiger partial charge in [0.2, 0.25) is 0 Å². The van der Waals surface area contributed by atoms with Gasteiger partial charge in [0.05, 0.1) is 0 Å². The first-order chi connectivity index (χ1) is 17.3. The minimum Gasteiger partial charge on any atom is -0.0707 e. The fourth-order valence-electron chi connectivity index (χ4n) is 6.40. The van der Waals surface area contributed by atoms with Gasteiger partial charge in [0.25, 0.3) is 0 Å². The van der Waals surface area contributed by atoms with Gasteiger partial charge in [0.15, 0.2) is 0 Å². The van der Waals surface area contributed by atoms with Gasteiger partial charge in [-0.25, -0.2) is 0 Å². The molecular weight excluding hydrogens is 420 g/mol. The molecule has 208 valence electrons. The topological polar surface area (TPSA) is 0 Å². The Morgan fingerprint density at radius 1 is 0.429 bits per heavy atom. The van der Waals surface area contributed by atoms with Crippen LogP contribution in [0.15, 0.2) is 11.1 Å². The molecule has 0 aliphatic heterocycles. The smallest absolute Gasteiger partial charge is 0.0198 e. The van der Waals surface area contributed by atoms with Gasteiger partial charge in [0.1, 0.15) is 0 Å². The maximum Gasteiger partial charge on any atom is -0.0198 e. The molecule has 0 aromatic rings. The lowest BCUT2D eigenvalue weighted by atomic mass is 9.89. The second-order valence-corrected chi connectivity index (χ2v) is 12.1. The van der Waals surface area contributed by atoms with E-state index in [0.29, 0.717) is 0 Å². The van der Waals surface area contributed by atoms with Crippen molar-refractivity contribution in [3.05, 3.63) is 11.1 Å². The molecule has 0 bridgehead atoms. The fourth-order valence-corrected chi connectivity index (χ4v) is 6.40. The van der Waals surface area contributed by atoms with Crippen LogP contribution in [0.3, 0.4) is 0 Å². The summed E-state index contributed by atoms with van der Waals surface area (Å²) in [6, 6.07) is 0. The Balaban J connectivity index is 2.33. The third-order valence-corrected chi connectivity index (χ3v) is 8.78. The summed E-state index contributed by atoms with van der Waals surface area (Å²) in [4.78, 5) is 0. The van der Waals surface area contributed by atoms with Gasteiger partial charge in [-0.1, -0.05) is 173 Å². The predicted molar refractivity (Wildman–Crippen MR) is 161 cm³/mol. The summed E-state index contributed by atoms with van der Waals surface area (Å²) in [5.74, 6) is 0.962. The average Bonchev–Trinajstić information content (AvgIpc) is 3.25. The molecule has 1 aliphatic carbocycles. The van der Waals surface area contributed by atoms with Gasteiger partial charge in [0, 0.05) is 0 Å². The van der Waals surface area contributed by atoms with E-state index in [4.69, 9.17) is 0 Å². The third-order valence-electron chi connectivity index (χ3n) is 8.78. The first kappa shape index (κ1) is 32.8.